The molecule has 2 heterocycles. The van der Waals surface area contributed by atoms with Gasteiger partial charge in [0.15, 0.2) is 0 Å². The van der Waals surface area contributed by atoms with Crippen molar-refractivity contribution >= 4 is 0 Å². The molecular weight excluding hydrogens is 216 g/mol. The monoisotopic (exact) mass is 238 g/mol. The molecule has 17 heavy (non-hydrogen) atoms. The van der Waals surface area contributed by atoms with Crippen molar-refractivity contribution in [3.05, 3.63) is 12.2 Å². The van der Waals surface area contributed by atoms with E-state index >= 15 is 0 Å². The number of aromatic nitrogens is 3. The van der Waals surface area contributed by atoms with Gasteiger partial charge in [0.1, 0.15) is 12.2 Å². The van der Waals surface area contributed by atoms with Gasteiger partial charge in [-0.1, -0.05) is 0 Å². The van der Waals surface area contributed by atoms with Crippen molar-refractivity contribution in [2.45, 2.75) is 45.8 Å². The number of nitrogens with zero attached hydrogens (tertiary/aromatic N) is 3. The molecule has 2 rings (SSSR count). The van der Waals surface area contributed by atoms with E-state index in [0.29, 0.717) is 6.04 Å². The van der Waals surface area contributed by atoms with Crippen molar-refractivity contribution in [3.63, 3.8) is 0 Å². The van der Waals surface area contributed by atoms with E-state index in [1.165, 1.54) is 0 Å². The van der Waals surface area contributed by atoms with Crippen LogP contribution in [0, 0.1) is 5.92 Å². The summed E-state index contributed by atoms with van der Waals surface area (Å²) < 4.78 is 7.32. The van der Waals surface area contributed by atoms with Crippen molar-refractivity contribution < 1.29 is 4.74 Å². The molecule has 5 nitrogen and oxygen atoms in total. The molecule has 0 spiro atoms. The van der Waals surface area contributed by atoms with E-state index in [4.69, 9.17) is 4.74 Å². The largest absolute Gasteiger partial charge is 0.381 e. The van der Waals surface area contributed by atoms with Crippen LogP contribution in [0.4, 0.5) is 0 Å². The summed E-state index contributed by atoms with van der Waals surface area (Å²) in [6, 6.07) is 0.515. The second-order valence-electron chi connectivity index (χ2n) is 4.61. The predicted octanol–water partition coefficient (Wildman–Crippen LogP) is 1.20. The maximum absolute atomic E-state index is 5.38. The van der Waals surface area contributed by atoms with Gasteiger partial charge < -0.3 is 10.1 Å². The van der Waals surface area contributed by atoms with Crippen molar-refractivity contribution in [2.24, 2.45) is 5.92 Å². The summed E-state index contributed by atoms with van der Waals surface area (Å²) in [6.07, 6.45) is 3.95. The Hall–Kier alpha value is -0.940. The van der Waals surface area contributed by atoms with E-state index in [1.807, 2.05) is 4.68 Å². The van der Waals surface area contributed by atoms with Gasteiger partial charge in [0.2, 0.25) is 0 Å². The van der Waals surface area contributed by atoms with E-state index in [2.05, 4.69) is 29.2 Å². The minimum atomic E-state index is 0.515. The van der Waals surface area contributed by atoms with Crippen LogP contribution < -0.4 is 5.32 Å². The fourth-order valence-electron chi connectivity index (χ4n) is 2.32. The molecular formula is C12H22N4O. The zero-order chi connectivity index (χ0) is 12.1. The van der Waals surface area contributed by atoms with Crippen LogP contribution in [0.2, 0.25) is 0 Å². The first-order chi connectivity index (χ1) is 8.31. The van der Waals surface area contributed by atoms with Gasteiger partial charge in [-0.15, -0.1) is 0 Å². The van der Waals surface area contributed by atoms with Crippen LogP contribution in [0.25, 0.3) is 0 Å². The standard InChI is InChI=1S/C12H22N4O/c1-3-16-12(14-9-15-16)8-13-10(2)11-4-6-17-7-5-11/h9-11,13H,3-8H2,1-2H3. The first kappa shape index (κ1) is 12.5. The number of hydrogen-bond acceptors (Lipinski definition) is 4. The third-order valence-corrected chi connectivity index (χ3v) is 3.55. The summed E-state index contributed by atoms with van der Waals surface area (Å²) >= 11 is 0. The molecule has 1 aliphatic rings. The first-order valence-electron chi connectivity index (χ1n) is 6.49. The van der Waals surface area contributed by atoms with Gasteiger partial charge in [0.05, 0.1) is 6.54 Å². The smallest absolute Gasteiger partial charge is 0.140 e. The molecule has 1 aliphatic heterocycles. The summed E-state index contributed by atoms with van der Waals surface area (Å²) in [6.45, 7) is 7.82. The van der Waals surface area contributed by atoms with Gasteiger partial charge in [0, 0.05) is 25.8 Å². The fraction of sp³-hybridized carbons (Fsp3) is 0.833. The van der Waals surface area contributed by atoms with Crippen LogP contribution in [0.5, 0.6) is 0 Å². The Morgan fingerprint density at radius 1 is 1.53 bits per heavy atom. The summed E-state index contributed by atoms with van der Waals surface area (Å²) in [4.78, 5) is 4.27. The zero-order valence-corrected chi connectivity index (χ0v) is 10.7. The average molecular weight is 238 g/mol. The van der Waals surface area contributed by atoms with Crippen LogP contribution in [-0.4, -0.2) is 34.0 Å². The maximum Gasteiger partial charge on any atom is 0.140 e. The molecule has 96 valence electrons. The molecule has 1 atom stereocenters. The van der Waals surface area contributed by atoms with Crippen LogP contribution >= 0.6 is 0 Å². The second-order valence-corrected chi connectivity index (χ2v) is 4.61. The maximum atomic E-state index is 5.38. The Kier molecular flexibility index (Phi) is 4.50. The second kappa shape index (κ2) is 6.12. The molecule has 0 saturated carbocycles. The Balaban J connectivity index is 1.80. The number of aryl methyl sites for hydroxylation is 1. The van der Waals surface area contributed by atoms with Crippen molar-refractivity contribution in [3.8, 4) is 0 Å². The lowest BCUT2D eigenvalue weighted by Crippen LogP contribution is -2.36. The summed E-state index contributed by atoms with van der Waals surface area (Å²) in [5.41, 5.74) is 0. The van der Waals surface area contributed by atoms with E-state index in [0.717, 1.165) is 50.9 Å². The van der Waals surface area contributed by atoms with E-state index in [1.54, 1.807) is 6.33 Å². The van der Waals surface area contributed by atoms with Crippen LogP contribution in [0.15, 0.2) is 6.33 Å². The van der Waals surface area contributed by atoms with Gasteiger partial charge in [0.25, 0.3) is 0 Å². The Labute approximate surface area is 103 Å². The Bertz CT molecular complexity index is 333. The summed E-state index contributed by atoms with van der Waals surface area (Å²) in [5, 5.41) is 7.72. The highest BCUT2D eigenvalue weighted by Gasteiger charge is 2.20. The van der Waals surface area contributed by atoms with Crippen LogP contribution in [0.3, 0.4) is 0 Å². The van der Waals surface area contributed by atoms with Crippen molar-refractivity contribution in [2.75, 3.05) is 13.2 Å². The molecule has 1 aromatic heterocycles. The highest BCUT2D eigenvalue weighted by Crippen LogP contribution is 2.18. The third-order valence-electron chi connectivity index (χ3n) is 3.55. The SMILES string of the molecule is CCn1ncnc1CNC(C)C1CCOCC1. The van der Waals surface area contributed by atoms with E-state index in [9.17, 15) is 0 Å². The zero-order valence-electron chi connectivity index (χ0n) is 10.7. The molecule has 0 radical (unpaired) electrons. The van der Waals surface area contributed by atoms with E-state index < -0.39 is 0 Å². The third kappa shape index (κ3) is 3.26. The topological polar surface area (TPSA) is 52.0 Å². The normalized spacial score (nSPS) is 19.4. The highest BCUT2D eigenvalue weighted by atomic mass is 16.5. The first-order valence-corrected chi connectivity index (χ1v) is 6.49. The molecule has 1 saturated heterocycles. The molecule has 0 aromatic carbocycles. The molecule has 0 aliphatic carbocycles. The molecule has 1 fully saturated rings. The molecule has 0 bridgehead atoms. The number of rotatable bonds is 5. The van der Waals surface area contributed by atoms with Crippen LogP contribution in [0.1, 0.15) is 32.5 Å². The van der Waals surface area contributed by atoms with Gasteiger partial charge in [-0.05, 0) is 32.6 Å². The average Bonchev–Trinajstić information content (AvgIpc) is 2.84. The molecule has 1 aromatic rings. The summed E-state index contributed by atoms with van der Waals surface area (Å²) in [5.74, 6) is 1.74. The van der Waals surface area contributed by atoms with Gasteiger partial charge >= 0.3 is 0 Å². The Morgan fingerprint density at radius 2 is 2.29 bits per heavy atom. The highest BCUT2D eigenvalue weighted by molar-refractivity contribution is 4.85. The van der Waals surface area contributed by atoms with E-state index in [-0.39, 0.29) is 0 Å². The number of hydrogen-bond donors (Lipinski definition) is 1. The molecule has 1 N–H and O–H groups in total. The summed E-state index contributed by atoms with van der Waals surface area (Å²) in [7, 11) is 0. The van der Waals surface area contributed by atoms with Crippen molar-refractivity contribution in [1.29, 1.82) is 0 Å². The van der Waals surface area contributed by atoms with Gasteiger partial charge in [-0.3, -0.25) is 0 Å². The lowest BCUT2D eigenvalue weighted by molar-refractivity contribution is 0.0556. The molecule has 1 unspecified atom stereocenters. The van der Waals surface area contributed by atoms with Gasteiger partial charge in [-0.2, -0.15) is 5.10 Å². The quantitative estimate of drug-likeness (QED) is 0.837. The van der Waals surface area contributed by atoms with Crippen LogP contribution in [-0.2, 0) is 17.8 Å². The minimum Gasteiger partial charge on any atom is -0.381 e. The molecule has 0 amide bonds. The Morgan fingerprint density at radius 3 is 3.00 bits per heavy atom. The lowest BCUT2D eigenvalue weighted by atomic mass is 9.93. The molecule has 5 heteroatoms. The number of nitrogens with one attached hydrogen (secondary N) is 1. The van der Waals surface area contributed by atoms with Crippen molar-refractivity contribution in [1.82, 2.24) is 20.1 Å². The lowest BCUT2D eigenvalue weighted by Gasteiger charge is -2.28. The number of ether oxygens (including phenoxy) is 1. The van der Waals surface area contributed by atoms with Gasteiger partial charge in [-0.25, -0.2) is 9.67 Å². The predicted molar refractivity (Wildman–Crippen MR) is 65.5 cm³/mol. The minimum absolute atomic E-state index is 0.515. The fourth-order valence-corrected chi connectivity index (χ4v) is 2.32.